The average molecular weight is 206 g/mol. The van der Waals surface area contributed by atoms with Gasteiger partial charge in [0.1, 0.15) is 12.2 Å². The van der Waals surface area contributed by atoms with Crippen molar-refractivity contribution in [3.8, 4) is 0 Å². The van der Waals surface area contributed by atoms with E-state index < -0.39 is 0 Å². The van der Waals surface area contributed by atoms with Gasteiger partial charge in [0.15, 0.2) is 0 Å². The van der Waals surface area contributed by atoms with Crippen LogP contribution in [0.3, 0.4) is 0 Å². The first-order valence-electron chi connectivity index (χ1n) is 4.95. The van der Waals surface area contributed by atoms with Gasteiger partial charge in [0.05, 0.1) is 12.2 Å². The number of aromatic amines is 1. The third kappa shape index (κ3) is 2.41. The maximum Gasteiger partial charge on any atom is 0.138 e. The van der Waals surface area contributed by atoms with Gasteiger partial charge in [-0.2, -0.15) is 10.2 Å². The van der Waals surface area contributed by atoms with Crippen LogP contribution >= 0.6 is 0 Å². The molecule has 0 aliphatic carbocycles. The summed E-state index contributed by atoms with van der Waals surface area (Å²) in [6, 6.07) is 2.01. The lowest BCUT2D eigenvalue weighted by Crippen LogP contribution is -2.16. The Morgan fingerprint density at radius 3 is 3.13 bits per heavy atom. The highest BCUT2D eigenvalue weighted by Gasteiger charge is 2.00. The van der Waals surface area contributed by atoms with Crippen LogP contribution in [0.2, 0.25) is 0 Å². The van der Waals surface area contributed by atoms with Crippen LogP contribution in [-0.4, -0.2) is 25.0 Å². The topological polar surface area (TPSA) is 71.4 Å². The number of nitrogens with zero attached hydrogens (tertiary/aromatic N) is 4. The summed E-state index contributed by atoms with van der Waals surface area (Å²) in [6.07, 6.45) is 3.32. The molecule has 0 atom stereocenters. The minimum absolute atomic E-state index is 0.689. The third-order valence-electron chi connectivity index (χ3n) is 2.17. The maximum atomic E-state index is 4.19. The molecule has 0 aliphatic heterocycles. The lowest BCUT2D eigenvalue weighted by Gasteiger charge is -2.04. The number of rotatable bonds is 5. The SMILES string of the molecule is CCn1nccc1CNCc1ncn[nH]1. The molecule has 2 aromatic heterocycles. The fraction of sp³-hybridized carbons (Fsp3) is 0.444. The molecular formula is C9H14N6. The summed E-state index contributed by atoms with van der Waals surface area (Å²) in [6.45, 7) is 4.45. The van der Waals surface area contributed by atoms with Crippen molar-refractivity contribution < 1.29 is 0 Å². The third-order valence-corrected chi connectivity index (χ3v) is 2.17. The molecule has 2 heterocycles. The highest BCUT2D eigenvalue weighted by atomic mass is 15.3. The number of aromatic nitrogens is 5. The molecular weight excluding hydrogens is 192 g/mol. The van der Waals surface area contributed by atoms with E-state index in [1.54, 1.807) is 0 Å². The van der Waals surface area contributed by atoms with Crippen molar-refractivity contribution in [2.75, 3.05) is 0 Å². The lowest BCUT2D eigenvalue weighted by molar-refractivity contribution is 0.575. The van der Waals surface area contributed by atoms with E-state index in [0.29, 0.717) is 6.54 Å². The van der Waals surface area contributed by atoms with Crippen molar-refractivity contribution in [3.05, 3.63) is 30.1 Å². The molecule has 0 saturated carbocycles. The molecule has 0 unspecified atom stereocenters. The van der Waals surface area contributed by atoms with Gasteiger partial charge in [0, 0.05) is 19.3 Å². The number of H-pyrrole nitrogens is 1. The van der Waals surface area contributed by atoms with Crippen LogP contribution in [0.4, 0.5) is 0 Å². The first-order valence-corrected chi connectivity index (χ1v) is 4.95. The predicted molar refractivity (Wildman–Crippen MR) is 54.8 cm³/mol. The zero-order valence-corrected chi connectivity index (χ0v) is 8.64. The monoisotopic (exact) mass is 206 g/mol. The summed E-state index contributed by atoms with van der Waals surface area (Å²) in [5.41, 5.74) is 1.18. The molecule has 15 heavy (non-hydrogen) atoms. The van der Waals surface area contributed by atoms with E-state index in [9.17, 15) is 0 Å². The van der Waals surface area contributed by atoms with Gasteiger partial charge in [-0.3, -0.25) is 9.78 Å². The highest BCUT2D eigenvalue weighted by molar-refractivity contribution is 5.00. The molecule has 6 nitrogen and oxygen atoms in total. The number of hydrogen-bond donors (Lipinski definition) is 2. The second-order valence-electron chi connectivity index (χ2n) is 3.17. The molecule has 6 heteroatoms. The number of nitrogens with one attached hydrogen (secondary N) is 2. The molecule has 0 fully saturated rings. The van der Waals surface area contributed by atoms with Crippen molar-refractivity contribution in [1.82, 2.24) is 30.3 Å². The van der Waals surface area contributed by atoms with Crippen LogP contribution in [0, 0.1) is 0 Å². The highest BCUT2D eigenvalue weighted by Crippen LogP contribution is 1.98. The zero-order chi connectivity index (χ0) is 10.5. The van der Waals surface area contributed by atoms with Gasteiger partial charge in [0.2, 0.25) is 0 Å². The first-order chi connectivity index (χ1) is 7.40. The van der Waals surface area contributed by atoms with Crippen LogP contribution in [0.1, 0.15) is 18.4 Å². The summed E-state index contributed by atoms with van der Waals surface area (Å²) in [4.78, 5) is 4.03. The molecule has 2 rings (SSSR count). The van der Waals surface area contributed by atoms with Gasteiger partial charge in [-0.1, -0.05) is 0 Å². The second-order valence-corrected chi connectivity index (χ2v) is 3.17. The molecule has 0 aromatic carbocycles. The van der Waals surface area contributed by atoms with Gasteiger partial charge >= 0.3 is 0 Å². The van der Waals surface area contributed by atoms with E-state index in [2.05, 4.69) is 32.5 Å². The summed E-state index contributed by atoms with van der Waals surface area (Å²) in [5, 5.41) is 14.0. The Bertz CT molecular complexity index is 390. The zero-order valence-electron chi connectivity index (χ0n) is 8.64. The van der Waals surface area contributed by atoms with Gasteiger partial charge in [-0.05, 0) is 13.0 Å². The average Bonchev–Trinajstić information content (AvgIpc) is 2.88. The van der Waals surface area contributed by atoms with Crippen LogP contribution in [0.5, 0.6) is 0 Å². The first kappa shape index (κ1) is 9.85. The Labute approximate surface area is 87.7 Å². The Kier molecular flexibility index (Phi) is 3.08. The van der Waals surface area contributed by atoms with Gasteiger partial charge in [-0.25, -0.2) is 4.98 Å². The standard InChI is InChI=1S/C9H14N6/c1-2-15-8(3-4-13-15)5-10-6-9-11-7-12-14-9/h3-4,7,10H,2,5-6H2,1H3,(H,11,12,14). The van der Waals surface area contributed by atoms with Crippen LogP contribution in [0.25, 0.3) is 0 Å². The van der Waals surface area contributed by atoms with E-state index in [4.69, 9.17) is 0 Å². The summed E-state index contributed by atoms with van der Waals surface area (Å²) in [7, 11) is 0. The fourth-order valence-electron chi connectivity index (χ4n) is 1.42. The Morgan fingerprint density at radius 2 is 2.40 bits per heavy atom. The molecule has 80 valence electrons. The Morgan fingerprint density at radius 1 is 1.47 bits per heavy atom. The molecule has 2 N–H and O–H groups in total. The van der Waals surface area contributed by atoms with E-state index in [0.717, 1.165) is 18.9 Å². The Balaban J connectivity index is 1.83. The number of hydrogen-bond acceptors (Lipinski definition) is 4. The smallest absolute Gasteiger partial charge is 0.138 e. The van der Waals surface area contributed by atoms with E-state index >= 15 is 0 Å². The van der Waals surface area contributed by atoms with E-state index in [-0.39, 0.29) is 0 Å². The maximum absolute atomic E-state index is 4.19. The minimum Gasteiger partial charge on any atom is -0.304 e. The van der Waals surface area contributed by atoms with E-state index in [1.807, 2.05) is 16.9 Å². The van der Waals surface area contributed by atoms with Crippen molar-refractivity contribution in [2.45, 2.75) is 26.6 Å². The molecule has 0 aliphatic rings. The van der Waals surface area contributed by atoms with Crippen molar-refractivity contribution in [3.63, 3.8) is 0 Å². The van der Waals surface area contributed by atoms with Crippen molar-refractivity contribution in [1.29, 1.82) is 0 Å². The summed E-state index contributed by atoms with van der Waals surface area (Å²) in [5.74, 6) is 0.845. The largest absolute Gasteiger partial charge is 0.304 e. The van der Waals surface area contributed by atoms with Gasteiger partial charge in [0.25, 0.3) is 0 Å². The predicted octanol–water partition coefficient (Wildman–Crippen LogP) is 0.311. The molecule has 0 radical (unpaired) electrons. The van der Waals surface area contributed by atoms with Crippen molar-refractivity contribution in [2.24, 2.45) is 0 Å². The lowest BCUT2D eigenvalue weighted by atomic mass is 10.4. The van der Waals surface area contributed by atoms with Crippen LogP contribution in [0.15, 0.2) is 18.6 Å². The normalized spacial score (nSPS) is 10.7. The summed E-state index contributed by atoms with van der Waals surface area (Å²) < 4.78 is 1.97. The number of aryl methyl sites for hydroxylation is 1. The molecule has 0 saturated heterocycles. The van der Waals surface area contributed by atoms with Crippen LogP contribution < -0.4 is 5.32 Å². The van der Waals surface area contributed by atoms with Gasteiger partial charge in [-0.15, -0.1) is 0 Å². The minimum atomic E-state index is 0.689. The quantitative estimate of drug-likeness (QED) is 0.738. The summed E-state index contributed by atoms with van der Waals surface area (Å²) >= 11 is 0. The molecule has 0 bridgehead atoms. The Hall–Kier alpha value is -1.69. The molecule has 2 aromatic rings. The second kappa shape index (κ2) is 4.70. The van der Waals surface area contributed by atoms with E-state index in [1.165, 1.54) is 12.0 Å². The molecule has 0 amide bonds. The van der Waals surface area contributed by atoms with Crippen LogP contribution in [-0.2, 0) is 19.6 Å². The van der Waals surface area contributed by atoms with Gasteiger partial charge < -0.3 is 5.32 Å². The molecule has 0 spiro atoms. The van der Waals surface area contributed by atoms with Crippen molar-refractivity contribution >= 4 is 0 Å². The fourth-order valence-corrected chi connectivity index (χ4v) is 1.42.